The highest BCUT2D eigenvalue weighted by atomic mass is 32.2. The Morgan fingerprint density at radius 1 is 0.593 bits per heavy atom. The number of aliphatic carboxylic acids is 4. The van der Waals surface area contributed by atoms with Crippen LogP contribution in [0.1, 0.15) is 22.4 Å². The van der Waals surface area contributed by atoms with E-state index in [9.17, 15) is 34.2 Å². The Bertz CT molecular complexity index is 1720. The van der Waals surface area contributed by atoms with E-state index in [2.05, 4.69) is 46.7 Å². The molecule has 0 bridgehead atoms. The lowest BCUT2D eigenvalue weighted by atomic mass is 9.84. The van der Waals surface area contributed by atoms with E-state index in [1.54, 1.807) is 18.3 Å². The minimum atomic E-state index is -1.23. The van der Waals surface area contributed by atoms with Gasteiger partial charge in [0.2, 0.25) is 5.91 Å². The van der Waals surface area contributed by atoms with Crippen molar-refractivity contribution in [1.29, 1.82) is 0 Å². The Labute approximate surface area is 317 Å². The number of carboxylic acid groups (broad SMARTS) is 4. The maximum absolute atomic E-state index is 12.9. The Morgan fingerprint density at radius 2 is 0.981 bits per heavy atom. The van der Waals surface area contributed by atoms with Crippen molar-refractivity contribution < 1.29 is 44.4 Å². The van der Waals surface area contributed by atoms with E-state index in [0.29, 0.717) is 6.42 Å². The zero-order valence-electron chi connectivity index (χ0n) is 29.6. The lowest BCUT2D eigenvalue weighted by Gasteiger charge is -2.35. The third kappa shape index (κ3) is 12.8. The Morgan fingerprint density at radius 3 is 1.41 bits per heavy atom. The minimum Gasteiger partial charge on any atom is -0.480 e. The highest BCUT2D eigenvalue weighted by molar-refractivity contribution is 7.99. The van der Waals surface area contributed by atoms with Crippen LogP contribution >= 0.6 is 11.9 Å². The molecule has 1 amide bonds. The maximum atomic E-state index is 12.9. The van der Waals surface area contributed by atoms with Crippen LogP contribution in [0.4, 0.5) is 0 Å². The van der Waals surface area contributed by atoms with E-state index < -0.39 is 60.7 Å². The number of aromatic nitrogens is 2. The van der Waals surface area contributed by atoms with Crippen molar-refractivity contribution in [1.82, 2.24) is 29.0 Å². The first kappa shape index (κ1) is 41.2. The summed E-state index contributed by atoms with van der Waals surface area (Å²) in [5.41, 5.74) is 4.00. The predicted octanol–water partition coefficient (Wildman–Crippen LogP) is 2.27. The van der Waals surface area contributed by atoms with Gasteiger partial charge in [-0.3, -0.25) is 42.6 Å². The molecular weight excluding hydrogens is 717 g/mol. The lowest BCUT2D eigenvalue weighted by molar-refractivity contribution is -0.143. The number of benzene rings is 3. The van der Waals surface area contributed by atoms with Gasteiger partial charge in [-0.2, -0.15) is 0 Å². The van der Waals surface area contributed by atoms with Gasteiger partial charge < -0.3 is 25.7 Å². The molecule has 5 N–H and O–H groups in total. The molecule has 15 nitrogen and oxygen atoms in total. The van der Waals surface area contributed by atoms with Gasteiger partial charge in [-0.25, -0.2) is 4.98 Å². The van der Waals surface area contributed by atoms with E-state index >= 15 is 0 Å². The van der Waals surface area contributed by atoms with Crippen LogP contribution in [0.5, 0.6) is 0 Å². The number of nitrogens with zero attached hydrogens (tertiary/aromatic N) is 5. The summed E-state index contributed by atoms with van der Waals surface area (Å²) in [5.74, 6) is -5.25. The normalized spacial score (nSPS) is 11.5. The second-order valence-electron chi connectivity index (χ2n) is 12.5. The summed E-state index contributed by atoms with van der Waals surface area (Å²) >= 11 is 1.60. The van der Waals surface area contributed by atoms with Crippen LogP contribution in [-0.4, -0.2) is 139 Å². The van der Waals surface area contributed by atoms with Crippen molar-refractivity contribution in [2.24, 2.45) is 0 Å². The zero-order valence-corrected chi connectivity index (χ0v) is 30.4. The molecular formula is C38H44N6O9S. The molecule has 54 heavy (non-hydrogen) atoms. The van der Waals surface area contributed by atoms with Crippen LogP contribution in [0.15, 0.2) is 104 Å². The second kappa shape index (κ2) is 20.6. The van der Waals surface area contributed by atoms with Crippen molar-refractivity contribution in [3.63, 3.8) is 0 Å². The summed E-state index contributed by atoms with van der Waals surface area (Å²) in [6.07, 6.45) is 4.07. The number of hydrogen-bond acceptors (Lipinski definition) is 10. The van der Waals surface area contributed by atoms with Gasteiger partial charge in [0.05, 0.1) is 38.4 Å². The standard InChI is InChI=1S/C38H44N6O9S/c45-33(23-42(25-35(48)49)20-18-41(24-34(46)47)19-21-43(26-36(50)51)27-37(52)53)39-17-16-32-22-44(28-40-32)54-38(29-10-4-1-5-11-29,30-12-6-2-7-13-30)31-14-8-3-9-15-31/h1-15,22,28H,16-21,23-27H2,(H,39,45)(H,46,47)(H,48,49)(H,50,51)(H,52,53). The predicted molar refractivity (Wildman–Crippen MR) is 201 cm³/mol. The lowest BCUT2D eigenvalue weighted by Crippen LogP contribution is -2.46. The largest absolute Gasteiger partial charge is 0.480 e. The monoisotopic (exact) mass is 760 g/mol. The van der Waals surface area contributed by atoms with Crippen LogP contribution in [-0.2, 0) is 35.1 Å². The van der Waals surface area contributed by atoms with Gasteiger partial charge in [0.15, 0.2) is 0 Å². The number of carbonyl (C=O) groups excluding carboxylic acids is 1. The number of amides is 1. The summed E-state index contributed by atoms with van der Waals surface area (Å²) in [5, 5.41) is 39.8. The van der Waals surface area contributed by atoms with Crippen molar-refractivity contribution in [2.75, 3.05) is 65.4 Å². The molecule has 4 rings (SSSR count). The highest BCUT2D eigenvalue weighted by Crippen LogP contribution is 2.48. The third-order valence-corrected chi connectivity index (χ3v) is 9.76. The van der Waals surface area contributed by atoms with Crippen molar-refractivity contribution in [2.45, 2.75) is 11.2 Å². The number of imidazole rings is 1. The van der Waals surface area contributed by atoms with Crippen LogP contribution < -0.4 is 5.32 Å². The van der Waals surface area contributed by atoms with Crippen LogP contribution in [0.3, 0.4) is 0 Å². The second-order valence-corrected chi connectivity index (χ2v) is 13.7. The smallest absolute Gasteiger partial charge is 0.317 e. The van der Waals surface area contributed by atoms with Crippen molar-refractivity contribution in [3.05, 3.63) is 126 Å². The summed E-state index contributed by atoms with van der Waals surface area (Å²) < 4.78 is 1.35. The first-order chi connectivity index (χ1) is 25.9. The fourth-order valence-electron chi connectivity index (χ4n) is 5.98. The van der Waals surface area contributed by atoms with Gasteiger partial charge >= 0.3 is 23.9 Å². The SMILES string of the molecule is O=C(O)CN(CCN(CC(=O)O)CC(=O)O)CCN(CC(=O)O)CC(=O)NCCc1cn(SC(c2ccccc2)(c2ccccc2)c2ccccc2)cn1. The summed E-state index contributed by atoms with van der Waals surface area (Å²) in [4.78, 5) is 66.8. The number of carboxylic acids is 4. The number of hydrogen-bond donors (Lipinski definition) is 5. The molecule has 4 aromatic rings. The highest BCUT2D eigenvalue weighted by Gasteiger charge is 2.38. The van der Waals surface area contributed by atoms with Crippen LogP contribution in [0, 0.1) is 0 Å². The molecule has 0 aliphatic rings. The fourth-order valence-corrected chi connectivity index (χ4v) is 7.29. The van der Waals surface area contributed by atoms with E-state index in [-0.39, 0.29) is 39.3 Å². The first-order valence-electron chi connectivity index (χ1n) is 17.1. The topological polar surface area (TPSA) is 206 Å². The van der Waals surface area contributed by atoms with Crippen LogP contribution in [0.2, 0.25) is 0 Å². The van der Waals surface area contributed by atoms with E-state index in [4.69, 9.17) is 10.2 Å². The van der Waals surface area contributed by atoms with Gasteiger partial charge in [-0.15, -0.1) is 0 Å². The van der Waals surface area contributed by atoms with E-state index in [1.165, 1.54) is 9.80 Å². The van der Waals surface area contributed by atoms with Crippen LogP contribution in [0.25, 0.3) is 0 Å². The first-order valence-corrected chi connectivity index (χ1v) is 17.9. The molecule has 286 valence electrons. The molecule has 0 saturated carbocycles. The third-order valence-electron chi connectivity index (χ3n) is 8.37. The molecule has 0 fully saturated rings. The molecule has 3 aromatic carbocycles. The average Bonchev–Trinajstić information content (AvgIpc) is 3.58. The molecule has 0 saturated heterocycles. The van der Waals surface area contributed by atoms with Gasteiger partial charge in [0.25, 0.3) is 0 Å². The zero-order chi connectivity index (χ0) is 38.9. The van der Waals surface area contributed by atoms with E-state index in [1.807, 2.05) is 64.8 Å². The molecule has 0 radical (unpaired) electrons. The molecule has 16 heteroatoms. The maximum Gasteiger partial charge on any atom is 0.317 e. The molecule has 0 unspecified atom stereocenters. The quantitative estimate of drug-likeness (QED) is 0.0651. The Kier molecular flexibility index (Phi) is 15.7. The van der Waals surface area contributed by atoms with Crippen molar-refractivity contribution in [3.8, 4) is 0 Å². The molecule has 0 atom stereocenters. The summed E-state index contributed by atoms with van der Waals surface area (Å²) in [6, 6.07) is 30.7. The van der Waals surface area contributed by atoms with E-state index in [0.717, 1.165) is 27.3 Å². The average molecular weight is 761 g/mol. The number of nitrogens with one attached hydrogen (secondary N) is 1. The summed E-state index contributed by atoms with van der Waals surface area (Å²) in [7, 11) is 0. The molecule has 0 spiro atoms. The van der Waals surface area contributed by atoms with Crippen molar-refractivity contribution >= 4 is 41.7 Å². The molecule has 1 heterocycles. The summed E-state index contributed by atoms with van der Waals surface area (Å²) in [6.45, 7) is -2.06. The minimum absolute atomic E-state index is 0.00800. The number of carbonyl (C=O) groups is 5. The molecule has 0 aliphatic heterocycles. The van der Waals surface area contributed by atoms with Gasteiger partial charge in [-0.1, -0.05) is 91.0 Å². The van der Waals surface area contributed by atoms with Gasteiger partial charge in [-0.05, 0) is 28.6 Å². The Hall–Kier alpha value is -5.55. The Balaban J connectivity index is 1.38. The van der Waals surface area contributed by atoms with Gasteiger partial charge in [0, 0.05) is 45.3 Å². The fraction of sp³-hybridized carbons (Fsp3) is 0.316. The molecule has 1 aromatic heterocycles. The van der Waals surface area contributed by atoms with Gasteiger partial charge in [0.1, 0.15) is 11.1 Å². The molecule has 0 aliphatic carbocycles. The number of rotatable bonds is 24.